The standard InChI is InChI=1S/C10H16F3NO2/c1-8-4-2-3-5-14(8)9(15)6-16-7-10(11,12)13/h8H,2-7H2,1H3/t8-/m1/s1. The molecule has 0 aromatic rings. The van der Waals surface area contributed by atoms with E-state index in [9.17, 15) is 18.0 Å². The van der Waals surface area contributed by atoms with Gasteiger partial charge in [-0.25, -0.2) is 0 Å². The first-order valence-electron chi connectivity index (χ1n) is 5.34. The molecule has 0 aromatic carbocycles. The summed E-state index contributed by atoms with van der Waals surface area (Å²) < 4.78 is 39.7. The fourth-order valence-corrected chi connectivity index (χ4v) is 1.81. The smallest absolute Gasteiger partial charge is 0.362 e. The first-order chi connectivity index (χ1) is 7.40. The van der Waals surface area contributed by atoms with Crippen molar-refractivity contribution < 1.29 is 22.7 Å². The minimum Gasteiger partial charge on any atom is -0.362 e. The van der Waals surface area contributed by atoms with Gasteiger partial charge >= 0.3 is 6.18 Å². The summed E-state index contributed by atoms with van der Waals surface area (Å²) in [6.45, 7) is 0.682. The fraction of sp³-hybridized carbons (Fsp3) is 0.900. The minimum absolute atomic E-state index is 0.107. The lowest BCUT2D eigenvalue weighted by atomic mass is 10.0. The van der Waals surface area contributed by atoms with Gasteiger partial charge in [0.15, 0.2) is 0 Å². The van der Waals surface area contributed by atoms with E-state index >= 15 is 0 Å². The van der Waals surface area contributed by atoms with Gasteiger partial charge < -0.3 is 9.64 Å². The number of alkyl halides is 3. The number of ether oxygens (including phenoxy) is 1. The Morgan fingerprint density at radius 2 is 2.12 bits per heavy atom. The van der Waals surface area contributed by atoms with Crippen LogP contribution in [0.1, 0.15) is 26.2 Å². The van der Waals surface area contributed by atoms with E-state index in [1.807, 2.05) is 6.92 Å². The lowest BCUT2D eigenvalue weighted by Gasteiger charge is -2.33. The molecule has 0 N–H and O–H groups in total. The Kier molecular flexibility index (Phi) is 4.58. The Hall–Kier alpha value is -0.780. The third-order valence-electron chi connectivity index (χ3n) is 2.61. The van der Waals surface area contributed by atoms with E-state index in [-0.39, 0.29) is 11.9 Å². The van der Waals surface area contributed by atoms with Crippen LogP contribution in [0, 0.1) is 0 Å². The van der Waals surface area contributed by atoms with Gasteiger partial charge in [0.05, 0.1) is 0 Å². The minimum atomic E-state index is -4.37. The summed E-state index contributed by atoms with van der Waals surface area (Å²) in [7, 11) is 0. The average molecular weight is 239 g/mol. The van der Waals surface area contributed by atoms with Gasteiger partial charge in [0.25, 0.3) is 0 Å². The highest BCUT2D eigenvalue weighted by Gasteiger charge is 2.29. The Labute approximate surface area is 92.5 Å². The topological polar surface area (TPSA) is 29.5 Å². The van der Waals surface area contributed by atoms with Crippen LogP contribution in [-0.2, 0) is 9.53 Å². The molecule has 6 heteroatoms. The second kappa shape index (κ2) is 5.52. The van der Waals surface area contributed by atoms with Crippen molar-refractivity contribution in [3.63, 3.8) is 0 Å². The van der Waals surface area contributed by atoms with E-state index in [4.69, 9.17) is 0 Å². The van der Waals surface area contributed by atoms with Crippen molar-refractivity contribution >= 4 is 5.91 Å². The van der Waals surface area contributed by atoms with Gasteiger partial charge in [0, 0.05) is 12.6 Å². The van der Waals surface area contributed by atoms with Crippen LogP contribution in [0.25, 0.3) is 0 Å². The zero-order valence-electron chi connectivity index (χ0n) is 9.22. The van der Waals surface area contributed by atoms with E-state index in [2.05, 4.69) is 4.74 Å². The van der Waals surface area contributed by atoms with Crippen LogP contribution >= 0.6 is 0 Å². The van der Waals surface area contributed by atoms with Crippen molar-refractivity contribution in [1.82, 2.24) is 4.90 Å². The zero-order chi connectivity index (χ0) is 12.2. The average Bonchev–Trinajstić information content (AvgIpc) is 2.16. The number of nitrogens with zero attached hydrogens (tertiary/aromatic N) is 1. The molecule has 94 valence electrons. The number of hydrogen-bond donors (Lipinski definition) is 0. The van der Waals surface area contributed by atoms with Gasteiger partial charge in [-0.15, -0.1) is 0 Å². The Morgan fingerprint density at radius 3 is 2.69 bits per heavy atom. The quantitative estimate of drug-likeness (QED) is 0.753. The molecule has 0 aromatic heterocycles. The van der Waals surface area contributed by atoms with Gasteiger partial charge in [-0.1, -0.05) is 0 Å². The van der Waals surface area contributed by atoms with E-state index in [0.29, 0.717) is 6.54 Å². The van der Waals surface area contributed by atoms with Gasteiger partial charge in [0.2, 0.25) is 5.91 Å². The van der Waals surface area contributed by atoms with Gasteiger partial charge in [-0.2, -0.15) is 13.2 Å². The maximum absolute atomic E-state index is 11.8. The molecule has 3 nitrogen and oxygen atoms in total. The molecule has 0 spiro atoms. The number of halogens is 3. The van der Waals surface area contributed by atoms with Gasteiger partial charge in [0.1, 0.15) is 13.2 Å². The number of piperidine rings is 1. The summed E-state index contributed by atoms with van der Waals surface area (Å²) in [5.74, 6) is -0.351. The Morgan fingerprint density at radius 1 is 1.44 bits per heavy atom. The highest BCUT2D eigenvalue weighted by atomic mass is 19.4. The molecule has 0 saturated carbocycles. The number of amides is 1. The number of likely N-dealkylation sites (tertiary alicyclic amines) is 1. The summed E-state index contributed by atoms with van der Waals surface area (Å²) in [5.41, 5.74) is 0. The predicted octanol–water partition coefficient (Wildman–Crippen LogP) is 1.97. The summed E-state index contributed by atoms with van der Waals surface area (Å²) in [4.78, 5) is 13.1. The summed E-state index contributed by atoms with van der Waals surface area (Å²) in [5, 5.41) is 0. The Balaban J connectivity index is 2.29. The van der Waals surface area contributed by atoms with Crippen molar-refractivity contribution in [2.45, 2.75) is 38.4 Å². The van der Waals surface area contributed by atoms with Crippen LogP contribution in [0.4, 0.5) is 13.2 Å². The lowest BCUT2D eigenvalue weighted by molar-refractivity contribution is -0.178. The molecule has 1 amide bonds. The summed E-state index contributed by atoms with van der Waals surface area (Å²) in [6, 6.07) is 0.107. The van der Waals surface area contributed by atoms with Crippen molar-refractivity contribution in [2.24, 2.45) is 0 Å². The van der Waals surface area contributed by atoms with Crippen LogP contribution in [-0.4, -0.2) is 42.8 Å². The lowest BCUT2D eigenvalue weighted by Crippen LogP contribution is -2.44. The molecule has 0 radical (unpaired) electrons. The number of carbonyl (C=O) groups is 1. The van der Waals surface area contributed by atoms with E-state index in [1.54, 1.807) is 4.90 Å². The van der Waals surface area contributed by atoms with E-state index < -0.39 is 19.4 Å². The molecule has 1 aliphatic heterocycles. The van der Waals surface area contributed by atoms with Gasteiger partial charge in [-0.3, -0.25) is 4.79 Å². The molecule has 0 bridgehead atoms. The van der Waals surface area contributed by atoms with Crippen LogP contribution in [0.15, 0.2) is 0 Å². The molecule has 1 fully saturated rings. The van der Waals surface area contributed by atoms with E-state index in [0.717, 1.165) is 19.3 Å². The van der Waals surface area contributed by atoms with Crippen LogP contribution in [0.2, 0.25) is 0 Å². The largest absolute Gasteiger partial charge is 0.411 e. The maximum Gasteiger partial charge on any atom is 0.411 e. The molecule has 1 aliphatic rings. The van der Waals surface area contributed by atoms with Crippen LogP contribution < -0.4 is 0 Å². The molecule has 1 saturated heterocycles. The zero-order valence-corrected chi connectivity index (χ0v) is 9.22. The SMILES string of the molecule is C[C@@H]1CCCCN1C(=O)COCC(F)(F)F. The van der Waals surface area contributed by atoms with Crippen molar-refractivity contribution in [2.75, 3.05) is 19.8 Å². The third kappa shape index (κ3) is 4.38. The molecule has 1 atom stereocenters. The third-order valence-corrected chi connectivity index (χ3v) is 2.61. The molecule has 1 heterocycles. The van der Waals surface area contributed by atoms with Crippen LogP contribution in [0.3, 0.4) is 0 Å². The number of carbonyl (C=O) groups excluding carboxylic acids is 1. The van der Waals surface area contributed by atoms with E-state index in [1.165, 1.54) is 0 Å². The normalized spacial score (nSPS) is 22.2. The molecule has 0 aliphatic carbocycles. The molecule has 1 rings (SSSR count). The van der Waals surface area contributed by atoms with Crippen molar-refractivity contribution in [1.29, 1.82) is 0 Å². The van der Waals surface area contributed by atoms with Gasteiger partial charge in [-0.05, 0) is 26.2 Å². The molecular formula is C10H16F3NO2. The highest BCUT2D eigenvalue weighted by Crippen LogP contribution is 2.17. The Bertz CT molecular complexity index is 243. The summed E-state index contributed by atoms with van der Waals surface area (Å²) in [6.07, 6.45) is -1.48. The first kappa shape index (κ1) is 13.3. The molecule has 0 unspecified atom stereocenters. The highest BCUT2D eigenvalue weighted by molar-refractivity contribution is 5.77. The molecular weight excluding hydrogens is 223 g/mol. The number of hydrogen-bond acceptors (Lipinski definition) is 2. The number of rotatable bonds is 3. The summed E-state index contributed by atoms with van der Waals surface area (Å²) >= 11 is 0. The second-order valence-corrected chi connectivity index (χ2v) is 4.04. The van der Waals surface area contributed by atoms with Crippen molar-refractivity contribution in [3.05, 3.63) is 0 Å². The monoisotopic (exact) mass is 239 g/mol. The maximum atomic E-state index is 11.8. The first-order valence-corrected chi connectivity index (χ1v) is 5.34. The van der Waals surface area contributed by atoms with Crippen molar-refractivity contribution in [3.8, 4) is 0 Å². The predicted molar refractivity (Wildman–Crippen MR) is 51.9 cm³/mol. The second-order valence-electron chi connectivity index (χ2n) is 4.04. The molecule has 16 heavy (non-hydrogen) atoms. The van der Waals surface area contributed by atoms with Crippen LogP contribution in [0.5, 0.6) is 0 Å². The fourth-order valence-electron chi connectivity index (χ4n) is 1.81.